The van der Waals surface area contributed by atoms with E-state index in [-0.39, 0.29) is 31.5 Å². The molecule has 3 atom stereocenters. The number of nitrogens with one attached hydrogen (secondary N) is 1. The van der Waals surface area contributed by atoms with Gasteiger partial charge in [0.05, 0.1) is 33.8 Å². The number of ether oxygens (including phenoxy) is 1. The van der Waals surface area contributed by atoms with Gasteiger partial charge in [0.15, 0.2) is 0 Å². The third-order valence-corrected chi connectivity index (χ3v) is 14.3. The summed E-state index contributed by atoms with van der Waals surface area (Å²) in [4.78, 5) is 37.6. The second-order valence-electron chi connectivity index (χ2n) is 21.8. The molecule has 10 heteroatoms. The largest absolute Gasteiger partial charge is 0.472 e. The zero-order chi connectivity index (χ0) is 55.0. The number of quaternary nitrogens is 1. The average molecular weight is 1070 g/mol. The van der Waals surface area contributed by atoms with Crippen molar-refractivity contribution >= 4 is 19.7 Å². The summed E-state index contributed by atoms with van der Waals surface area (Å²) in [7, 11) is 1.48. The molecule has 2 N–H and O–H groups in total. The van der Waals surface area contributed by atoms with E-state index in [1.807, 2.05) is 33.3 Å². The van der Waals surface area contributed by atoms with Crippen LogP contribution >= 0.6 is 7.82 Å². The molecule has 0 fully saturated rings. The quantitative estimate of drug-likeness (QED) is 0.0205. The van der Waals surface area contributed by atoms with E-state index in [2.05, 4.69) is 99.0 Å². The van der Waals surface area contributed by atoms with Crippen LogP contribution in [0, 0.1) is 0 Å². The van der Waals surface area contributed by atoms with Crippen molar-refractivity contribution < 1.29 is 37.3 Å². The number of unbranched alkanes of at least 4 members (excludes halogenated alkanes) is 27. The maximum absolute atomic E-state index is 13.5. The third kappa shape index (κ3) is 55.7. The van der Waals surface area contributed by atoms with Gasteiger partial charge in [0, 0.05) is 12.8 Å². The van der Waals surface area contributed by atoms with Crippen LogP contribution in [0.5, 0.6) is 0 Å². The summed E-state index contributed by atoms with van der Waals surface area (Å²) in [6.07, 6.45) is 71.6. The summed E-state index contributed by atoms with van der Waals surface area (Å²) in [5.74, 6) is -0.522. The molecule has 0 heterocycles. The molecular weight excluding hydrogens is 952 g/mol. The monoisotopic (exact) mass is 1070 g/mol. The number of likely N-dealkylation sites (N-methyl/N-ethyl adjacent to an activating group) is 1. The molecule has 0 bridgehead atoms. The predicted molar refractivity (Wildman–Crippen MR) is 323 cm³/mol. The molecule has 0 aromatic carbocycles. The highest BCUT2D eigenvalue weighted by atomic mass is 31.2. The predicted octanol–water partition coefficient (Wildman–Crippen LogP) is 19.0. The van der Waals surface area contributed by atoms with E-state index in [1.54, 1.807) is 0 Å². The Morgan fingerprint density at radius 1 is 0.480 bits per heavy atom. The molecule has 0 aliphatic heterocycles. The second-order valence-corrected chi connectivity index (χ2v) is 23.3. The Morgan fingerprint density at radius 3 is 1.33 bits per heavy atom. The van der Waals surface area contributed by atoms with E-state index >= 15 is 0 Å². The fourth-order valence-electron chi connectivity index (χ4n) is 8.54. The van der Waals surface area contributed by atoms with Crippen LogP contribution < -0.4 is 5.32 Å². The van der Waals surface area contributed by atoms with Gasteiger partial charge in [0.25, 0.3) is 0 Å². The number of allylic oxidation sites excluding steroid dienone is 13. The van der Waals surface area contributed by atoms with E-state index in [4.69, 9.17) is 13.8 Å². The normalized spacial score (nSPS) is 14.3. The highest BCUT2D eigenvalue weighted by Gasteiger charge is 2.30. The van der Waals surface area contributed by atoms with Gasteiger partial charge in [0.1, 0.15) is 19.3 Å². The zero-order valence-electron chi connectivity index (χ0n) is 49.5. The van der Waals surface area contributed by atoms with E-state index in [0.717, 1.165) is 116 Å². The maximum Gasteiger partial charge on any atom is 0.472 e. The SMILES string of the molecule is CC/C=C\C/C=C\C/C=C\C/C=C\C/C=C\CCCCCCCCCCCCCC(=O)NC(COP(=O)(O)OCC[N+](C)(C)C)C(/C=C\CCCCCCCCCCC)OC(=O)CCCCCCC/C=C\CCCC. The molecule has 3 unspecified atom stereocenters. The van der Waals surface area contributed by atoms with Crippen molar-refractivity contribution in [3.63, 3.8) is 0 Å². The molecule has 0 saturated heterocycles. The number of phosphoric acid groups is 1. The number of phosphoric ester groups is 1. The minimum Gasteiger partial charge on any atom is -0.456 e. The van der Waals surface area contributed by atoms with Crippen molar-refractivity contribution in [3.8, 4) is 0 Å². The average Bonchev–Trinajstić information content (AvgIpc) is 3.37. The van der Waals surface area contributed by atoms with E-state index in [9.17, 15) is 19.0 Å². The molecule has 9 nitrogen and oxygen atoms in total. The van der Waals surface area contributed by atoms with Crippen LogP contribution in [0.25, 0.3) is 0 Å². The summed E-state index contributed by atoms with van der Waals surface area (Å²) in [5, 5.41) is 3.05. The Bertz CT molecular complexity index is 1560. The highest BCUT2D eigenvalue weighted by Crippen LogP contribution is 2.43. The number of esters is 1. The van der Waals surface area contributed by atoms with Gasteiger partial charge < -0.3 is 19.4 Å². The molecule has 0 aliphatic carbocycles. The van der Waals surface area contributed by atoms with Crippen LogP contribution in [-0.4, -0.2) is 74.3 Å². The van der Waals surface area contributed by atoms with Crippen molar-refractivity contribution in [1.82, 2.24) is 5.32 Å². The lowest BCUT2D eigenvalue weighted by Crippen LogP contribution is -2.47. The molecule has 0 spiro atoms. The van der Waals surface area contributed by atoms with E-state index < -0.39 is 20.0 Å². The van der Waals surface area contributed by atoms with Crippen LogP contribution in [0.3, 0.4) is 0 Å². The second kappa shape index (κ2) is 54.5. The molecule has 1 amide bonds. The maximum atomic E-state index is 13.5. The molecule has 75 heavy (non-hydrogen) atoms. The first-order chi connectivity index (χ1) is 36.4. The number of rotatable bonds is 55. The van der Waals surface area contributed by atoms with Gasteiger partial charge in [-0.1, -0.05) is 241 Å². The summed E-state index contributed by atoms with van der Waals surface area (Å²) in [5.41, 5.74) is 0. The van der Waals surface area contributed by atoms with Gasteiger partial charge in [-0.15, -0.1) is 0 Å². The first-order valence-electron chi connectivity index (χ1n) is 30.9. The minimum atomic E-state index is -4.45. The zero-order valence-corrected chi connectivity index (χ0v) is 50.4. The number of amides is 1. The Hall–Kier alpha value is -2.81. The number of carbonyl (C=O) groups is 2. The van der Waals surface area contributed by atoms with Crippen molar-refractivity contribution in [2.24, 2.45) is 0 Å². The molecule has 0 aromatic rings. The molecule has 0 rings (SSSR count). The van der Waals surface area contributed by atoms with Crippen LogP contribution in [-0.2, 0) is 27.9 Å². The van der Waals surface area contributed by atoms with E-state index in [1.165, 1.54) is 116 Å². The summed E-state index contributed by atoms with van der Waals surface area (Å²) >= 11 is 0. The molecular formula is C65H118N2O7P+. The Kier molecular flexibility index (Phi) is 52.5. The Morgan fingerprint density at radius 2 is 0.867 bits per heavy atom. The fraction of sp³-hybridized carbons (Fsp3) is 0.754. The lowest BCUT2D eigenvalue weighted by Gasteiger charge is -2.27. The number of carbonyl (C=O) groups excluding carboxylic acids is 2. The summed E-state index contributed by atoms with van der Waals surface area (Å²) in [6.45, 7) is 6.84. The Balaban J connectivity index is 5.02. The lowest BCUT2D eigenvalue weighted by atomic mass is 10.0. The fourth-order valence-corrected chi connectivity index (χ4v) is 9.27. The lowest BCUT2D eigenvalue weighted by molar-refractivity contribution is -0.870. The van der Waals surface area contributed by atoms with Gasteiger partial charge in [0.2, 0.25) is 5.91 Å². The molecule has 0 aromatic heterocycles. The van der Waals surface area contributed by atoms with Crippen molar-refractivity contribution in [3.05, 3.63) is 85.1 Å². The first kappa shape index (κ1) is 72.2. The van der Waals surface area contributed by atoms with Gasteiger partial charge >= 0.3 is 13.8 Å². The van der Waals surface area contributed by atoms with Crippen molar-refractivity contribution in [1.29, 1.82) is 0 Å². The smallest absolute Gasteiger partial charge is 0.456 e. The molecule has 0 saturated carbocycles. The van der Waals surface area contributed by atoms with Gasteiger partial charge in [-0.3, -0.25) is 18.6 Å². The molecule has 0 aliphatic rings. The van der Waals surface area contributed by atoms with Crippen molar-refractivity contribution in [2.75, 3.05) is 40.9 Å². The molecule has 0 radical (unpaired) electrons. The van der Waals surface area contributed by atoms with Gasteiger partial charge in [-0.25, -0.2) is 4.57 Å². The topological polar surface area (TPSA) is 111 Å². The number of hydrogen-bond donors (Lipinski definition) is 2. The van der Waals surface area contributed by atoms with Crippen LogP contribution in [0.1, 0.15) is 265 Å². The van der Waals surface area contributed by atoms with Crippen LogP contribution in [0.4, 0.5) is 0 Å². The Labute approximate surface area is 463 Å². The van der Waals surface area contributed by atoms with Crippen molar-refractivity contribution in [2.45, 2.75) is 277 Å². The molecule has 434 valence electrons. The van der Waals surface area contributed by atoms with Gasteiger partial charge in [-0.05, 0) is 96.0 Å². The highest BCUT2D eigenvalue weighted by molar-refractivity contribution is 7.47. The van der Waals surface area contributed by atoms with E-state index in [0.29, 0.717) is 17.4 Å². The standard InChI is InChI=1S/C65H117N2O7P/c1-7-10-13-16-19-22-25-26-27-28-29-30-31-32-33-34-35-36-37-38-39-40-43-45-48-51-54-57-64(68)66-62(61-73-75(70,71)72-60-59-67(4,5)6)63(56-53-50-47-44-41-23-20-17-14-11-8-2)74-65(69)58-55-52-49-46-42-24-21-18-15-12-9-3/h10,13,18-19,21-22,26-27,29-30,32-33,53,56,62-63H,7-9,11-12,14-17,20,23-25,28,31,34-52,54-55,57-61H2,1-6H3,(H-,66,68,70,71)/p+1/b13-10-,21-18-,22-19-,27-26-,30-29-,33-32-,56-53-. The summed E-state index contributed by atoms with van der Waals surface area (Å²) in [6, 6.07) is -0.855. The van der Waals surface area contributed by atoms with Gasteiger partial charge in [-0.2, -0.15) is 0 Å². The number of hydrogen-bond acceptors (Lipinski definition) is 6. The van der Waals surface area contributed by atoms with Crippen LogP contribution in [0.2, 0.25) is 0 Å². The van der Waals surface area contributed by atoms with Crippen LogP contribution in [0.15, 0.2) is 85.1 Å². The minimum absolute atomic E-state index is 0.0357. The summed E-state index contributed by atoms with van der Waals surface area (Å²) < 4.78 is 30.6. The first-order valence-corrected chi connectivity index (χ1v) is 32.4. The number of nitrogens with zero attached hydrogens (tertiary/aromatic N) is 1. The third-order valence-electron chi connectivity index (χ3n) is 13.3.